The third-order valence-corrected chi connectivity index (χ3v) is 8.05. The molecule has 0 aliphatic heterocycles. The highest BCUT2D eigenvalue weighted by molar-refractivity contribution is 7.80. The normalized spacial score (nSPS) is 10.7. The van der Waals surface area contributed by atoms with E-state index in [0.29, 0.717) is 5.02 Å². The maximum absolute atomic E-state index is 6.36. The summed E-state index contributed by atoms with van der Waals surface area (Å²) in [6.45, 7) is 0. The Labute approximate surface area is 194 Å². The molecule has 152 valence electrons. The molecule has 0 atom stereocenters. The fourth-order valence-corrected chi connectivity index (χ4v) is 6.35. The maximum Gasteiger partial charge on any atom is 0.0873 e. The zero-order valence-electron chi connectivity index (χ0n) is 17.2. The Morgan fingerprint density at radius 3 is 1.94 bits per heavy atom. The molecule has 32 heavy (non-hydrogen) atoms. The lowest BCUT2D eigenvalue weighted by Gasteiger charge is -2.20. The van der Waals surface area contributed by atoms with Crippen molar-refractivity contribution in [2.24, 2.45) is 0 Å². The first-order chi connectivity index (χ1) is 15.8. The van der Waals surface area contributed by atoms with Gasteiger partial charge < -0.3 is 0 Å². The molecule has 0 aliphatic rings. The molecule has 0 unspecified atom stereocenters. The van der Waals surface area contributed by atoms with E-state index in [1.54, 1.807) is 6.20 Å². The van der Waals surface area contributed by atoms with E-state index < -0.39 is 7.92 Å². The van der Waals surface area contributed by atoms with Gasteiger partial charge in [0.05, 0.1) is 16.1 Å². The van der Waals surface area contributed by atoms with Crippen molar-refractivity contribution in [2.75, 3.05) is 0 Å². The SMILES string of the molecule is Clc1ccc(C#Cc2ccccc2P(c2ccccc2)c2ccccc2)c2ncccc12. The zero-order chi connectivity index (χ0) is 21.8. The van der Waals surface area contributed by atoms with Crippen LogP contribution in [0.25, 0.3) is 10.9 Å². The van der Waals surface area contributed by atoms with Crippen molar-refractivity contribution in [3.8, 4) is 11.8 Å². The molecule has 0 N–H and O–H groups in total. The molecule has 1 heterocycles. The Bertz CT molecular complexity index is 1400. The van der Waals surface area contributed by atoms with Crippen LogP contribution in [-0.2, 0) is 0 Å². The number of halogens is 1. The Balaban J connectivity index is 1.65. The molecule has 0 radical (unpaired) electrons. The molecule has 1 aromatic heterocycles. The van der Waals surface area contributed by atoms with Crippen molar-refractivity contribution in [2.45, 2.75) is 0 Å². The van der Waals surface area contributed by atoms with Crippen LogP contribution in [-0.4, -0.2) is 4.98 Å². The van der Waals surface area contributed by atoms with Gasteiger partial charge in [0.15, 0.2) is 0 Å². The summed E-state index contributed by atoms with van der Waals surface area (Å²) in [7, 11) is -0.726. The third-order valence-electron chi connectivity index (χ3n) is 5.22. The molecule has 0 spiro atoms. The Kier molecular flexibility index (Phi) is 6.00. The molecule has 0 bridgehead atoms. The molecular formula is C29H19ClNP. The molecular weight excluding hydrogens is 429 g/mol. The molecule has 5 aromatic rings. The summed E-state index contributed by atoms with van der Waals surface area (Å²) in [4.78, 5) is 4.52. The number of rotatable bonds is 3. The van der Waals surface area contributed by atoms with Gasteiger partial charge in [-0.2, -0.15) is 0 Å². The van der Waals surface area contributed by atoms with E-state index in [9.17, 15) is 0 Å². The van der Waals surface area contributed by atoms with E-state index >= 15 is 0 Å². The lowest BCUT2D eigenvalue weighted by Crippen LogP contribution is -2.22. The second kappa shape index (κ2) is 9.37. The van der Waals surface area contributed by atoms with Crippen molar-refractivity contribution in [3.05, 3.63) is 132 Å². The van der Waals surface area contributed by atoms with E-state index in [0.717, 1.165) is 22.0 Å². The van der Waals surface area contributed by atoms with Gasteiger partial charge in [0.25, 0.3) is 0 Å². The number of hydrogen-bond acceptors (Lipinski definition) is 1. The van der Waals surface area contributed by atoms with Gasteiger partial charge >= 0.3 is 0 Å². The summed E-state index contributed by atoms with van der Waals surface area (Å²) in [5.41, 5.74) is 2.74. The Morgan fingerprint density at radius 1 is 0.594 bits per heavy atom. The predicted molar refractivity (Wildman–Crippen MR) is 138 cm³/mol. The average molecular weight is 448 g/mol. The minimum atomic E-state index is -0.726. The van der Waals surface area contributed by atoms with Gasteiger partial charge in [-0.15, -0.1) is 0 Å². The van der Waals surface area contributed by atoms with Crippen LogP contribution in [0.15, 0.2) is 115 Å². The third kappa shape index (κ3) is 4.17. The van der Waals surface area contributed by atoms with E-state index in [2.05, 4.69) is 102 Å². The second-order valence-corrected chi connectivity index (χ2v) is 9.86. The van der Waals surface area contributed by atoms with Gasteiger partial charge in [-0.05, 0) is 48.9 Å². The van der Waals surface area contributed by atoms with Crippen molar-refractivity contribution >= 4 is 46.3 Å². The predicted octanol–water partition coefficient (Wildman–Crippen LogP) is 6.05. The molecule has 0 saturated carbocycles. The van der Waals surface area contributed by atoms with Crippen LogP contribution >= 0.6 is 19.5 Å². The van der Waals surface area contributed by atoms with E-state index in [1.165, 1.54) is 15.9 Å². The highest BCUT2D eigenvalue weighted by atomic mass is 35.5. The Morgan fingerprint density at radius 2 is 1.22 bits per heavy atom. The van der Waals surface area contributed by atoms with Gasteiger partial charge in [0, 0.05) is 22.5 Å². The van der Waals surface area contributed by atoms with Gasteiger partial charge in [-0.1, -0.05) is 102 Å². The van der Waals surface area contributed by atoms with E-state index in [-0.39, 0.29) is 0 Å². The summed E-state index contributed by atoms with van der Waals surface area (Å²) >= 11 is 6.36. The smallest absolute Gasteiger partial charge is 0.0873 e. The quantitative estimate of drug-likeness (QED) is 0.242. The number of aromatic nitrogens is 1. The summed E-state index contributed by atoms with van der Waals surface area (Å²) in [5.74, 6) is 6.81. The van der Waals surface area contributed by atoms with Crippen LogP contribution in [0.1, 0.15) is 11.1 Å². The molecule has 4 aromatic carbocycles. The van der Waals surface area contributed by atoms with Crippen LogP contribution in [0.3, 0.4) is 0 Å². The number of benzene rings is 4. The first kappa shape index (κ1) is 20.5. The molecule has 5 rings (SSSR count). The number of fused-ring (bicyclic) bond motifs is 1. The summed E-state index contributed by atoms with van der Waals surface area (Å²) in [6.07, 6.45) is 1.78. The van der Waals surface area contributed by atoms with Crippen molar-refractivity contribution in [1.29, 1.82) is 0 Å². The molecule has 0 fully saturated rings. The van der Waals surface area contributed by atoms with E-state index in [4.69, 9.17) is 11.6 Å². The van der Waals surface area contributed by atoms with Crippen molar-refractivity contribution in [3.63, 3.8) is 0 Å². The molecule has 3 heteroatoms. The molecule has 1 nitrogen and oxygen atoms in total. The second-order valence-electron chi connectivity index (χ2n) is 7.27. The summed E-state index contributed by atoms with van der Waals surface area (Å²) in [6, 6.07) is 37.5. The van der Waals surface area contributed by atoms with Gasteiger partial charge in [0.2, 0.25) is 0 Å². The molecule has 0 amide bonds. The van der Waals surface area contributed by atoms with Crippen molar-refractivity contribution in [1.82, 2.24) is 4.98 Å². The Hall–Kier alpha value is -3.43. The first-order valence-corrected chi connectivity index (χ1v) is 12.1. The average Bonchev–Trinajstić information content (AvgIpc) is 2.86. The molecule has 0 saturated heterocycles. The van der Waals surface area contributed by atoms with Crippen LogP contribution < -0.4 is 15.9 Å². The monoisotopic (exact) mass is 447 g/mol. The largest absolute Gasteiger partial charge is 0.255 e. The van der Waals surface area contributed by atoms with Crippen molar-refractivity contribution < 1.29 is 0 Å². The van der Waals surface area contributed by atoms with E-state index in [1.807, 2.05) is 24.3 Å². The van der Waals surface area contributed by atoms with Gasteiger partial charge in [-0.25, -0.2) is 0 Å². The van der Waals surface area contributed by atoms with Crippen LogP contribution in [0.4, 0.5) is 0 Å². The van der Waals surface area contributed by atoms with Crippen LogP contribution in [0, 0.1) is 11.8 Å². The first-order valence-electron chi connectivity index (χ1n) is 10.4. The number of nitrogens with zero attached hydrogens (tertiary/aromatic N) is 1. The summed E-state index contributed by atoms with van der Waals surface area (Å²) in [5, 5.41) is 5.47. The number of pyridine rings is 1. The van der Waals surface area contributed by atoms with Crippen LogP contribution in [0.5, 0.6) is 0 Å². The van der Waals surface area contributed by atoms with Gasteiger partial charge in [-0.3, -0.25) is 4.98 Å². The van der Waals surface area contributed by atoms with Gasteiger partial charge in [0.1, 0.15) is 0 Å². The molecule has 0 aliphatic carbocycles. The fourth-order valence-electron chi connectivity index (χ4n) is 3.73. The lowest BCUT2D eigenvalue weighted by molar-refractivity contribution is 1.40. The standard InChI is InChI=1S/C29H19ClNP/c30-27-20-19-23(29-26(27)15-9-21-31-29)18-17-22-10-7-8-16-28(22)32(24-11-3-1-4-12-24)25-13-5-2-6-14-25/h1-16,19-21H. The fraction of sp³-hybridized carbons (Fsp3) is 0. The van der Waals surface area contributed by atoms with Crippen LogP contribution in [0.2, 0.25) is 5.02 Å². The zero-order valence-corrected chi connectivity index (χ0v) is 18.9. The topological polar surface area (TPSA) is 12.9 Å². The minimum Gasteiger partial charge on any atom is -0.255 e. The number of hydrogen-bond donors (Lipinski definition) is 0. The minimum absolute atomic E-state index is 0.690. The summed E-state index contributed by atoms with van der Waals surface area (Å²) < 4.78 is 0. The maximum atomic E-state index is 6.36. The highest BCUT2D eigenvalue weighted by Gasteiger charge is 2.18. The lowest BCUT2D eigenvalue weighted by atomic mass is 10.1. The highest BCUT2D eigenvalue weighted by Crippen LogP contribution is 2.34.